The van der Waals surface area contributed by atoms with Crippen LogP contribution in [0.4, 0.5) is 5.82 Å². The Bertz CT molecular complexity index is 311. The number of nitrogens with zero attached hydrogens (tertiary/aromatic N) is 3. The monoisotopic (exact) mass is 210 g/mol. The Morgan fingerprint density at radius 3 is 2.93 bits per heavy atom. The van der Waals surface area contributed by atoms with Crippen LogP contribution in [0.25, 0.3) is 0 Å². The lowest BCUT2D eigenvalue weighted by molar-refractivity contribution is 0.205. The number of rotatable bonds is 3. The number of thioether (sulfide) groups is 1. The number of likely N-dealkylation sites (tertiary alicyclic amines) is 1. The number of hydrogen-bond acceptors (Lipinski definition) is 5. The zero-order valence-electron chi connectivity index (χ0n) is 8.40. The van der Waals surface area contributed by atoms with Gasteiger partial charge in [-0.1, -0.05) is 0 Å². The first-order chi connectivity index (χ1) is 6.78. The third kappa shape index (κ3) is 2.16. The number of nitrogens with one attached hydrogen (secondary N) is 1. The minimum Gasteiger partial charge on any atom is -0.365 e. The van der Waals surface area contributed by atoms with Gasteiger partial charge in [-0.25, -0.2) is 9.97 Å². The summed E-state index contributed by atoms with van der Waals surface area (Å²) in [4.78, 5) is 10.6. The molecule has 5 heteroatoms. The van der Waals surface area contributed by atoms with Crippen molar-refractivity contribution in [2.75, 3.05) is 31.7 Å². The van der Waals surface area contributed by atoms with Crippen LogP contribution < -0.4 is 5.32 Å². The first kappa shape index (κ1) is 9.73. The van der Waals surface area contributed by atoms with Gasteiger partial charge in [0.1, 0.15) is 17.2 Å². The summed E-state index contributed by atoms with van der Waals surface area (Å²) in [7, 11) is 2.12. The lowest BCUT2D eigenvalue weighted by atomic mass is 10.1. The summed E-state index contributed by atoms with van der Waals surface area (Å²) in [5.74, 6) is 0.933. The number of aromatic nitrogens is 2. The largest absolute Gasteiger partial charge is 0.365 e. The summed E-state index contributed by atoms with van der Waals surface area (Å²) in [6.07, 6.45) is 3.62. The molecule has 0 atom stereocenters. The molecule has 0 radical (unpaired) electrons. The summed E-state index contributed by atoms with van der Waals surface area (Å²) >= 11 is 1.63. The van der Waals surface area contributed by atoms with Crippen molar-refractivity contribution < 1.29 is 0 Å². The van der Waals surface area contributed by atoms with Crippen LogP contribution in [0.15, 0.2) is 17.4 Å². The van der Waals surface area contributed by atoms with Crippen molar-refractivity contribution in [2.24, 2.45) is 0 Å². The fourth-order valence-corrected chi connectivity index (χ4v) is 1.91. The Kier molecular flexibility index (Phi) is 2.88. The Hall–Kier alpha value is -0.810. The second-order valence-electron chi connectivity index (χ2n) is 3.51. The second kappa shape index (κ2) is 4.14. The molecule has 2 heterocycles. The van der Waals surface area contributed by atoms with Gasteiger partial charge in [0.2, 0.25) is 0 Å². The fourth-order valence-electron chi connectivity index (χ4n) is 1.53. The molecular formula is C9H14N4S. The van der Waals surface area contributed by atoms with Crippen molar-refractivity contribution in [3.8, 4) is 0 Å². The van der Waals surface area contributed by atoms with Crippen molar-refractivity contribution in [3.05, 3.63) is 12.4 Å². The smallest absolute Gasteiger partial charge is 0.130 e. The van der Waals surface area contributed by atoms with Gasteiger partial charge < -0.3 is 10.2 Å². The molecule has 0 aromatic carbocycles. The van der Waals surface area contributed by atoms with Crippen molar-refractivity contribution in [3.63, 3.8) is 0 Å². The zero-order chi connectivity index (χ0) is 9.97. The van der Waals surface area contributed by atoms with E-state index in [1.165, 1.54) is 0 Å². The van der Waals surface area contributed by atoms with E-state index in [9.17, 15) is 0 Å². The van der Waals surface area contributed by atoms with Crippen LogP contribution in [-0.4, -0.2) is 47.3 Å². The average Bonchev–Trinajstić information content (AvgIpc) is 2.16. The maximum absolute atomic E-state index is 4.18. The maximum atomic E-state index is 4.18. The van der Waals surface area contributed by atoms with E-state index in [-0.39, 0.29) is 0 Å². The number of anilines is 1. The van der Waals surface area contributed by atoms with Gasteiger partial charge in [-0.15, -0.1) is 11.8 Å². The van der Waals surface area contributed by atoms with Crippen molar-refractivity contribution >= 4 is 17.6 Å². The van der Waals surface area contributed by atoms with E-state index < -0.39 is 0 Å². The van der Waals surface area contributed by atoms with Gasteiger partial charge in [-0.05, 0) is 13.3 Å². The van der Waals surface area contributed by atoms with E-state index in [0.29, 0.717) is 6.04 Å². The molecule has 0 spiro atoms. The van der Waals surface area contributed by atoms with Crippen molar-refractivity contribution in [1.29, 1.82) is 0 Å². The zero-order valence-corrected chi connectivity index (χ0v) is 9.21. The molecule has 1 aromatic rings. The third-order valence-electron chi connectivity index (χ3n) is 2.27. The van der Waals surface area contributed by atoms with Gasteiger partial charge >= 0.3 is 0 Å². The van der Waals surface area contributed by atoms with Gasteiger partial charge in [0.05, 0.1) is 6.04 Å². The molecule has 0 amide bonds. The molecule has 1 fully saturated rings. The van der Waals surface area contributed by atoms with Crippen LogP contribution >= 0.6 is 11.8 Å². The maximum Gasteiger partial charge on any atom is 0.130 e. The van der Waals surface area contributed by atoms with E-state index in [0.717, 1.165) is 23.9 Å². The Labute approximate surface area is 88.1 Å². The number of likely N-dealkylation sites (N-methyl/N-ethyl adjacent to an activating group) is 1. The highest BCUT2D eigenvalue weighted by molar-refractivity contribution is 7.98. The van der Waals surface area contributed by atoms with Gasteiger partial charge in [0.15, 0.2) is 0 Å². The van der Waals surface area contributed by atoms with Crippen LogP contribution in [0.2, 0.25) is 0 Å². The highest BCUT2D eigenvalue weighted by atomic mass is 32.2. The Morgan fingerprint density at radius 1 is 1.50 bits per heavy atom. The highest BCUT2D eigenvalue weighted by Crippen LogP contribution is 2.16. The third-order valence-corrected chi connectivity index (χ3v) is 2.91. The minimum atomic E-state index is 0.546. The fraction of sp³-hybridized carbons (Fsp3) is 0.556. The topological polar surface area (TPSA) is 41.0 Å². The Morgan fingerprint density at radius 2 is 2.29 bits per heavy atom. The quantitative estimate of drug-likeness (QED) is 0.593. The van der Waals surface area contributed by atoms with Crippen molar-refractivity contribution in [1.82, 2.24) is 14.9 Å². The first-order valence-electron chi connectivity index (χ1n) is 4.59. The molecule has 0 bridgehead atoms. The molecule has 4 nitrogen and oxygen atoms in total. The molecule has 1 N–H and O–H groups in total. The summed E-state index contributed by atoms with van der Waals surface area (Å²) in [6, 6.07) is 2.54. The average molecular weight is 210 g/mol. The summed E-state index contributed by atoms with van der Waals surface area (Å²) in [5.41, 5.74) is 0. The lowest BCUT2D eigenvalue weighted by Crippen LogP contribution is -2.52. The molecule has 1 aliphatic rings. The molecule has 14 heavy (non-hydrogen) atoms. The van der Waals surface area contributed by atoms with Gasteiger partial charge in [0, 0.05) is 19.2 Å². The summed E-state index contributed by atoms with van der Waals surface area (Å²) in [6.45, 7) is 2.19. The molecule has 1 aromatic heterocycles. The molecular weight excluding hydrogens is 196 g/mol. The lowest BCUT2D eigenvalue weighted by Gasteiger charge is -2.36. The van der Waals surface area contributed by atoms with Crippen LogP contribution in [-0.2, 0) is 0 Å². The van der Waals surface area contributed by atoms with E-state index in [2.05, 4.69) is 27.2 Å². The van der Waals surface area contributed by atoms with E-state index >= 15 is 0 Å². The standard InChI is InChI=1S/C9H14N4S/c1-13-4-7(5-13)12-8-3-9(14-2)11-6-10-8/h3,6-7H,4-5H2,1-2H3,(H,10,11,12). The van der Waals surface area contributed by atoms with Crippen LogP contribution in [0.1, 0.15) is 0 Å². The SMILES string of the molecule is CSc1cc(NC2CN(C)C2)ncn1. The molecule has 1 saturated heterocycles. The molecule has 0 saturated carbocycles. The highest BCUT2D eigenvalue weighted by Gasteiger charge is 2.22. The van der Waals surface area contributed by atoms with E-state index in [1.807, 2.05) is 12.3 Å². The van der Waals surface area contributed by atoms with Crippen LogP contribution in [0, 0.1) is 0 Å². The molecule has 0 unspecified atom stereocenters. The van der Waals surface area contributed by atoms with Gasteiger partial charge in [-0.2, -0.15) is 0 Å². The molecule has 2 rings (SSSR count). The summed E-state index contributed by atoms with van der Waals surface area (Å²) in [5, 5.41) is 4.39. The predicted octanol–water partition coefficient (Wildman–Crippen LogP) is 0.924. The summed E-state index contributed by atoms with van der Waals surface area (Å²) < 4.78 is 0. The van der Waals surface area contributed by atoms with Crippen molar-refractivity contribution in [2.45, 2.75) is 11.1 Å². The van der Waals surface area contributed by atoms with E-state index in [4.69, 9.17) is 0 Å². The molecule has 1 aliphatic heterocycles. The Balaban J connectivity index is 1.95. The second-order valence-corrected chi connectivity index (χ2v) is 4.33. The first-order valence-corrected chi connectivity index (χ1v) is 5.81. The normalized spacial score (nSPS) is 17.9. The minimum absolute atomic E-state index is 0.546. The van der Waals surface area contributed by atoms with Gasteiger partial charge in [0.25, 0.3) is 0 Å². The molecule has 0 aliphatic carbocycles. The van der Waals surface area contributed by atoms with Gasteiger partial charge in [-0.3, -0.25) is 0 Å². The van der Waals surface area contributed by atoms with E-state index in [1.54, 1.807) is 18.1 Å². The molecule has 76 valence electrons. The number of hydrogen-bond donors (Lipinski definition) is 1. The van der Waals surface area contributed by atoms with Crippen LogP contribution in [0.3, 0.4) is 0 Å². The van der Waals surface area contributed by atoms with Crippen LogP contribution in [0.5, 0.6) is 0 Å². The predicted molar refractivity (Wildman–Crippen MR) is 58.7 cm³/mol.